The summed E-state index contributed by atoms with van der Waals surface area (Å²) in [6.45, 7) is 2.01. The van der Waals surface area contributed by atoms with E-state index in [1.165, 1.54) is 4.88 Å². The Balaban J connectivity index is 2.23. The maximum atomic E-state index is 4.41. The first kappa shape index (κ1) is 8.26. The molecule has 64 valence electrons. The van der Waals surface area contributed by atoms with Crippen LogP contribution in [0.3, 0.4) is 0 Å². The normalized spacial score (nSPS) is 16.9. The van der Waals surface area contributed by atoms with Crippen LogP contribution in [0.25, 0.3) is 0 Å². The molecule has 0 aliphatic carbocycles. The average Bonchev–Trinajstić information content (AvgIpc) is 2.54. The fraction of sp³-hybridized carbons (Fsp3) is 0.375. The van der Waals surface area contributed by atoms with Crippen molar-refractivity contribution in [3.8, 4) is 0 Å². The van der Waals surface area contributed by atoms with E-state index in [0.717, 1.165) is 29.1 Å². The van der Waals surface area contributed by atoms with Gasteiger partial charge in [-0.2, -0.15) is 0 Å². The molecule has 0 fully saturated rings. The number of rotatable bonds is 1. The highest BCUT2D eigenvalue weighted by molar-refractivity contribution is 9.11. The van der Waals surface area contributed by atoms with Gasteiger partial charge in [-0.1, -0.05) is 0 Å². The minimum Gasteiger partial charge on any atom is -0.369 e. The molecular formula is C8H9BrN2S. The van der Waals surface area contributed by atoms with E-state index in [0.29, 0.717) is 0 Å². The van der Waals surface area contributed by atoms with Crippen molar-refractivity contribution >= 4 is 33.1 Å². The number of nitrogens with one attached hydrogen (secondary N) is 1. The minimum atomic E-state index is 0.956. The van der Waals surface area contributed by atoms with Gasteiger partial charge in [0, 0.05) is 13.1 Å². The summed E-state index contributed by atoms with van der Waals surface area (Å²) >= 11 is 5.15. The molecule has 1 N–H and O–H groups in total. The first-order chi connectivity index (χ1) is 5.86. The van der Waals surface area contributed by atoms with Crippen molar-refractivity contribution in [2.75, 3.05) is 13.1 Å². The predicted octanol–water partition coefficient (Wildman–Crippen LogP) is 2.25. The summed E-state index contributed by atoms with van der Waals surface area (Å²) in [7, 11) is 0. The van der Waals surface area contributed by atoms with Crippen molar-refractivity contribution in [2.45, 2.75) is 6.42 Å². The fourth-order valence-electron chi connectivity index (χ4n) is 1.14. The van der Waals surface area contributed by atoms with Crippen molar-refractivity contribution < 1.29 is 0 Å². The van der Waals surface area contributed by atoms with Crippen molar-refractivity contribution in [3.63, 3.8) is 0 Å². The van der Waals surface area contributed by atoms with Crippen LogP contribution in [0.5, 0.6) is 0 Å². The molecule has 1 aliphatic rings. The third-order valence-electron chi connectivity index (χ3n) is 1.70. The molecule has 0 saturated carbocycles. The molecule has 0 unspecified atom stereocenters. The molecule has 0 radical (unpaired) electrons. The second-order valence-electron chi connectivity index (χ2n) is 2.61. The highest BCUT2D eigenvalue weighted by Crippen LogP contribution is 2.22. The molecule has 0 saturated heterocycles. The van der Waals surface area contributed by atoms with Gasteiger partial charge in [-0.25, -0.2) is 0 Å². The zero-order valence-electron chi connectivity index (χ0n) is 6.51. The summed E-state index contributed by atoms with van der Waals surface area (Å²) in [5.74, 6) is 1.05. The van der Waals surface area contributed by atoms with E-state index in [4.69, 9.17) is 0 Å². The maximum absolute atomic E-state index is 4.41. The number of nitrogens with zero attached hydrogens (tertiary/aromatic N) is 1. The molecule has 2 rings (SSSR count). The average molecular weight is 245 g/mol. The van der Waals surface area contributed by atoms with Crippen LogP contribution in [0.4, 0.5) is 0 Å². The van der Waals surface area contributed by atoms with Gasteiger partial charge in [0.05, 0.1) is 8.66 Å². The van der Waals surface area contributed by atoms with Crippen molar-refractivity contribution in [1.82, 2.24) is 5.32 Å². The summed E-state index contributed by atoms with van der Waals surface area (Å²) in [4.78, 5) is 5.63. The topological polar surface area (TPSA) is 24.4 Å². The number of amidine groups is 1. The number of aliphatic imine (C=N–C) groups is 1. The van der Waals surface area contributed by atoms with E-state index in [2.05, 4.69) is 38.4 Å². The first-order valence-corrected chi connectivity index (χ1v) is 5.51. The van der Waals surface area contributed by atoms with Crippen LogP contribution in [-0.2, 0) is 0 Å². The van der Waals surface area contributed by atoms with Gasteiger partial charge in [-0.15, -0.1) is 11.3 Å². The minimum absolute atomic E-state index is 0.956. The number of hydrogen-bond donors (Lipinski definition) is 1. The van der Waals surface area contributed by atoms with Crippen molar-refractivity contribution in [2.24, 2.45) is 4.99 Å². The van der Waals surface area contributed by atoms with Crippen LogP contribution < -0.4 is 5.32 Å². The van der Waals surface area contributed by atoms with Gasteiger partial charge < -0.3 is 5.32 Å². The van der Waals surface area contributed by atoms with Crippen LogP contribution in [0, 0.1) is 0 Å². The van der Waals surface area contributed by atoms with Gasteiger partial charge in [-0.3, -0.25) is 4.99 Å². The van der Waals surface area contributed by atoms with Gasteiger partial charge in [0.15, 0.2) is 0 Å². The summed E-state index contributed by atoms with van der Waals surface area (Å²) in [6.07, 6.45) is 1.15. The molecule has 0 bridgehead atoms. The lowest BCUT2D eigenvalue weighted by molar-refractivity contribution is 0.743. The molecule has 2 heterocycles. The van der Waals surface area contributed by atoms with Crippen molar-refractivity contribution in [1.29, 1.82) is 0 Å². The Morgan fingerprint density at radius 3 is 3.00 bits per heavy atom. The Morgan fingerprint density at radius 1 is 1.50 bits per heavy atom. The van der Waals surface area contributed by atoms with Gasteiger partial charge in [0.2, 0.25) is 0 Å². The summed E-state index contributed by atoms with van der Waals surface area (Å²) in [5.41, 5.74) is 0. The SMILES string of the molecule is Brc1ccc(C2=NCCCN2)s1. The van der Waals surface area contributed by atoms with E-state index < -0.39 is 0 Å². The molecule has 1 aromatic rings. The van der Waals surface area contributed by atoms with Gasteiger partial charge in [0.25, 0.3) is 0 Å². The Hall–Kier alpha value is -0.350. The molecule has 12 heavy (non-hydrogen) atoms. The van der Waals surface area contributed by atoms with E-state index in [-0.39, 0.29) is 0 Å². The molecular weight excluding hydrogens is 236 g/mol. The lowest BCUT2D eigenvalue weighted by atomic mass is 10.3. The molecule has 4 heteroatoms. The van der Waals surface area contributed by atoms with E-state index in [9.17, 15) is 0 Å². The van der Waals surface area contributed by atoms with Crippen molar-refractivity contribution in [3.05, 3.63) is 20.8 Å². The second kappa shape index (κ2) is 3.58. The monoisotopic (exact) mass is 244 g/mol. The van der Waals surface area contributed by atoms with Crippen LogP contribution >= 0.6 is 27.3 Å². The fourth-order valence-corrected chi connectivity index (χ4v) is 2.51. The third-order valence-corrected chi connectivity index (χ3v) is 3.33. The third kappa shape index (κ3) is 1.69. The highest BCUT2D eigenvalue weighted by atomic mass is 79.9. The Morgan fingerprint density at radius 2 is 2.42 bits per heavy atom. The maximum Gasteiger partial charge on any atom is 0.138 e. The van der Waals surface area contributed by atoms with E-state index >= 15 is 0 Å². The van der Waals surface area contributed by atoms with Crippen LogP contribution in [0.2, 0.25) is 0 Å². The molecule has 0 atom stereocenters. The number of thiophene rings is 1. The lowest BCUT2D eigenvalue weighted by Crippen LogP contribution is -2.29. The smallest absolute Gasteiger partial charge is 0.138 e. The van der Waals surface area contributed by atoms with Gasteiger partial charge in [-0.05, 0) is 34.5 Å². The first-order valence-electron chi connectivity index (χ1n) is 3.90. The summed E-state index contributed by atoms with van der Waals surface area (Å²) in [6, 6.07) is 4.14. The molecule has 0 aromatic carbocycles. The Kier molecular flexibility index (Phi) is 2.46. The molecule has 0 amide bonds. The van der Waals surface area contributed by atoms with E-state index in [1.54, 1.807) is 11.3 Å². The van der Waals surface area contributed by atoms with Crippen LogP contribution in [0.15, 0.2) is 20.9 Å². The molecule has 1 aliphatic heterocycles. The number of hydrogen-bond acceptors (Lipinski definition) is 3. The summed E-state index contributed by atoms with van der Waals surface area (Å²) < 4.78 is 1.16. The molecule has 2 nitrogen and oxygen atoms in total. The largest absolute Gasteiger partial charge is 0.369 e. The number of halogens is 1. The Labute approximate surface area is 83.8 Å². The van der Waals surface area contributed by atoms with Gasteiger partial charge >= 0.3 is 0 Å². The predicted molar refractivity (Wildman–Crippen MR) is 56.0 cm³/mol. The molecule has 0 spiro atoms. The zero-order valence-corrected chi connectivity index (χ0v) is 8.91. The second-order valence-corrected chi connectivity index (χ2v) is 5.08. The summed E-state index contributed by atoms with van der Waals surface area (Å²) in [5, 5.41) is 3.29. The van der Waals surface area contributed by atoms with E-state index in [1.807, 2.05) is 0 Å². The standard InChI is InChI=1S/C8H9BrN2S/c9-7-3-2-6(12-7)8-10-4-1-5-11-8/h2-3H,1,4-5H2,(H,10,11). The lowest BCUT2D eigenvalue weighted by Gasteiger charge is -2.12. The van der Waals surface area contributed by atoms with Gasteiger partial charge in [0.1, 0.15) is 5.84 Å². The highest BCUT2D eigenvalue weighted by Gasteiger charge is 2.08. The van der Waals surface area contributed by atoms with Crippen LogP contribution in [-0.4, -0.2) is 18.9 Å². The Bertz CT molecular complexity index is 306. The quantitative estimate of drug-likeness (QED) is 0.806. The zero-order chi connectivity index (χ0) is 8.39. The van der Waals surface area contributed by atoms with Crippen LogP contribution in [0.1, 0.15) is 11.3 Å². The molecule has 1 aromatic heterocycles.